The summed E-state index contributed by atoms with van der Waals surface area (Å²) in [5.41, 5.74) is 3.66. The average molecular weight is 556 g/mol. The van der Waals surface area contributed by atoms with Crippen LogP contribution < -0.4 is 9.47 Å². The molecule has 0 radical (unpaired) electrons. The van der Waals surface area contributed by atoms with Gasteiger partial charge in [0.2, 0.25) is 0 Å². The molecule has 7 heteroatoms. The number of fused-ring (bicyclic) bond motifs is 1. The smallest absolute Gasteiger partial charge is 0.175 e. The molecular formula is C28H28BrFN2O2S. The van der Waals surface area contributed by atoms with E-state index in [9.17, 15) is 9.65 Å². The molecule has 1 aliphatic rings. The van der Waals surface area contributed by atoms with Crippen LogP contribution in [0.15, 0.2) is 45.9 Å². The van der Waals surface area contributed by atoms with Gasteiger partial charge in [-0.3, -0.25) is 0 Å². The molecule has 0 bridgehead atoms. The highest BCUT2D eigenvalue weighted by molar-refractivity contribution is 9.10. The van der Waals surface area contributed by atoms with Gasteiger partial charge in [-0.15, -0.1) is 11.3 Å². The number of nitrogens with zero attached hydrogens (tertiary/aromatic N) is 2. The third kappa shape index (κ3) is 5.76. The number of thiophene rings is 1. The Hall–Kier alpha value is -2.69. The maximum atomic E-state index is 13.5. The number of benzene rings is 2. The number of rotatable bonds is 6. The van der Waals surface area contributed by atoms with Crippen molar-refractivity contribution in [3.8, 4) is 17.6 Å². The van der Waals surface area contributed by atoms with Crippen molar-refractivity contribution in [1.82, 2.24) is 0 Å². The summed E-state index contributed by atoms with van der Waals surface area (Å²) >= 11 is 5.19. The van der Waals surface area contributed by atoms with Crippen molar-refractivity contribution in [2.75, 3.05) is 7.11 Å². The topological polar surface area (TPSA) is 54.6 Å². The van der Waals surface area contributed by atoms with Gasteiger partial charge in [0.1, 0.15) is 23.5 Å². The van der Waals surface area contributed by atoms with Crippen LogP contribution in [0, 0.1) is 28.5 Å². The van der Waals surface area contributed by atoms with Crippen molar-refractivity contribution in [1.29, 1.82) is 5.26 Å². The first-order valence-electron chi connectivity index (χ1n) is 11.5. The summed E-state index contributed by atoms with van der Waals surface area (Å²) in [5.74, 6) is 1.38. The number of aliphatic imine (C=N–C) groups is 1. The third-order valence-electron chi connectivity index (χ3n) is 6.44. The Labute approximate surface area is 218 Å². The maximum Gasteiger partial charge on any atom is 0.175 e. The quantitative estimate of drug-likeness (QED) is 0.290. The van der Waals surface area contributed by atoms with E-state index in [4.69, 9.17) is 14.5 Å². The Balaban J connectivity index is 1.56. The molecular weight excluding hydrogens is 527 g/mol. The predicted molar refractivity (Wildman–Crippen MR) is 143 cm³/mol. The molecule has 2 aromatic carbocycles. The van der Waals surface area contributed by atoms with Crippen LogP contribution in [0.1, 0.15) is 54.3 Å². The van der Waals surface area contributed by atoms with Crippen LogP contribution in [0.3, 0.4) is 0 Å². The van der Waals surface area contributed by atoms with Crippen LogP contribution in [0.25, 0.3) is 0 Å². The van der Waals surface area contributed by atoms with Gasteiger partial charge in [0, 0.05) is 11.1 Å². The van der Waals surface area contributed by atoms with Gasteiger partial charge in [0.25, 0.3) is 0 Å². The maximum absolute atomic E-state index is 13.5. The molecule has 1 heterocycles. The minimum Gasteiger partial charge on any atom is -0.493 e. The number of hydrogen-bond donors (Lipinski definition) is 0. The molecule has 0 aliphatic heterocycles. The van der Waals surface area contributed by atoms with Crippen LogP contribution in [-0.4, -0.2) is 13.3 Å². The summed E-state index contributed by atoms with van der Waals surface area (Å²) in [4.78, 5) is 5.99. The summed E-state index contributed by atoms with van der Waals surface area (Å²) in [7, 11) is 1.57. The second-order valence-electron chi connectivity index (χ2n) is 9.81. The summed E-state index contributed by atoms with van der Waals surface area (Å²) in [6.45, 7) is 7.08. The Morgan fingerprint density at radius 1 is 1.29 bits per heavy atom. The van der Waals surface area contributed by atoms with E-state index in [2.05, 4.69) is 42.8 Å². The number of halogens is 2. The number of hydrogen-bond acceptors (Lipinski definition) is 5. The van der Waals surface area contributed by atoms with E-state index in [0.717, 1.165) is 35.4 Å². The highest BCUT2D eigenvalue weighted by Gasteiger charge is 2.32. The van der Waals surface area contributed by atoms with Crippen LogP contribution in [0.2, 0.25) is 0 Å². The van der Waals surface area contributed by atoms with Crippen LogP contribution in [0.4, 0.5) is 9.39 Å². The van der Waals surface area contributed by atoms with Gasteiger partial charge in [0.15, 0.2) is 11.5 Å². The summed E-state index contributed by atoms with van der Waals surface area (Å²) < 4.78 is 25.6. The van der Waals surface area contributed by atoms with Crippen molar-refractivity contribution in [2.24, 2.45) is 16.3 Å². The molecule has 3 aromatic rings. The largest absolute Gasteiger partial charge is 0.493 e. The van der Waals surface area contributed by atoms with Gasteiger partial charge in [-0.05, 0) is 87.5 Å². The number of nitriles is 1. The molecule has 0 spiro atoms. The minimum atomic E-state index is -0.301. The monoisotopic (exact) mass is 554 g/mol. The van der Waals surface area contributed by atoms with E-state index in [1.54, 1.807) is 30.7 Å². The lowest BCUT2D eigenvalue weighted by Gasteiger charge is -2.33. The van der Waals surface area contributed by atoms with E-state index in [-0.39, 0.29) is 17.8 Å². The van der Waals surface area contributed by atoms with Crippen LogP contribution in [-0.2, 0) is 19.4 Å². The van der Waals surface area contributed by atoms with Crippen molar-refractivity contribution < 1.29 is 13.9 Å². The molecule has 0 unspecified atom stereocenters. The number of methoxy groups -OCH3 is 1. The van der Waals surface area contributed by atoms with E-state index in [1.165, 1.54) is 22.6 Å². The SMILES string of the molecule is COc1cc(C=Nc2sc3c(c2C#N)CC[C@H](C(C)(C)C)C3)cc(Br)c1OCc1cccc(F)c1. The second-order valence-corrected chi connectivity index (χ2v) is 11.8. The lowest BCUT2D eigenvalue weighted by atomic mass is 9.72. The van der Waals surface area contributed by atoms with E-state index in [1.807, 2.05) is 18.2 Å². The summed E-state index contributed by atoms with van der Waals surface area (Å²) in [6, 6.07) is 12.4. The molecule has 4 nitrogen and oxygen atoms in total. The van der Waals surface area contributed by atoms with Gasteiger partial charge in [0.05, 0.1) is 17.1 Å². The Bertz CT molecular complexity index is 1300. The highest BCUT2D eigenvalue weighted by Crippen LogP contribution is 2.45. The first kappa shape index (κ1) is 25.4. The van der Waals surface area contributed by atoms with Crippen molar-refractivity contribution in [2.45, 2.75) is 46.6 Å². The second kappa shape index (κ2) is 10.5. The molecule has 1 aliphatic carbocycles. The van der Waals surface area contributed by atoms with Gasteiger partial charge in [-0.2, -0.15) is 5.26 Å². The molecule has 0 fully saturated rings. The number of ether oxygens (including phenoxy) is 2. The lowest BCUT2D eigenvalue weighted by Crippen LogP contribution is -2.26. The van der Waals surface area contributed by atoms with Gasteiger partial charge in [-0.25, -0.2) is 9.38 Å². The summed E-state index contributed by atoms with van der Waals surface area (Å²) in [5, 5.41) is 10.6. The zero-order chi connectivity index (χ0) is 25.2. The Morgan fingerprint density at radius 2 is 2.09 bits per heavy atom. The normalized spacial score (nSPS) is 15.6. The molecule has 0 saturated carbocycles. The van der Waals surface area contributed by atoms with Gasteiger partial charge < -0.3 is 9.47 Å². The van der Waals surface area contributed by atoms with Crippen LogP contribution >= 0.6 is 27.3 Å². The zero-order valence-electron chi connectivity index (χ0n) is 20.3. The first-order chi connectivity index (χ1) is 16.7. The van der Waals surface area contributed by atoms with E-state index < -0.39 is 0 Å². The molecule has 1 aromatic heterocycles. The fraction of sp³-hybridized carbons (Fsp3) is 0.357. The zero-order valence-corrected chi connectivity index (χ0v) is 22.7. The van der Waals surface area contributed by atoms with Crippen LogP contribution in [0.5, 0.6) is 11.5 Å². The summed E-state index contributed by atoms with van der Waals surface area (Å²) in [6.07, 6.45) is 4.79. The van der Waals surface area contributed by atoms with E-state index in [0.29, 0.717) is 27.5 Å². The molecule has 0 saturated heterocycles. The van der Waals surface area contributed by atoms with Crippen molar-refractivity contribution >= 4 is 38.5 Å². The highest BCUT2D eigenvalue weighted by atomic mass is 79.9. The van der Waals surface area contributed by atoms with Gasteiger partial charge in [-0.1, -0.05) is 32.9 Å². The Kier molecular flexibility index (Phi) is 7.63. The third-order valence-corrected chi connectivity index (χ3v) is 8.19. The van der Waals surface area contributed by atoms with Crippen molar-refractivity contribution in [3.63, 3.8) is 0 Å². The van der Waals surface area contributed by atoms with E-state index >= 15 is 0 Å². The minimum absolute atomic E-state index is 0.210. The molecule has 0 N–H and O–H groups in total. The molecule has 4 rings (SSSR count). The molecule has 0 amide bonds. The fourth-order valence-electron chi connectivity index (χ4n) is 4.39. The molecule has 1 atom stereocenters. The standard InChI is InChI=1S/C28H28BrFN2O2S/c1-28(2,3)19-8-9-21-22(14-31)27(35-25(21)13-19)32-15-18-11-23(29)26(24(12-18)33-4)34-16-17-6-5-7-20(30)10-17/h5-7,10-12,15,19H,8-9,13,16H2,1-4H3/t19-/m0/s1. The first-order valence-corrected chi connectivity index (χ1v) is 13.1. The van der Waals surface area contributed by atoms with Crippen molar-refractivity contribution in [3.05, 3.63) is 73.8 Å². The predicted octanol–water partition coefficient (Wildman–Crippen LogP) is 8.01. The Morgan fingerprint density at radius 3 is 2.77 bits per heavy atom. The molecule has 35 heavy (non-hydrogen) atoms. The average Bonchev–Trinajstić information content (AvgIpc) is 3.18. The lowest BCUT2D eigenvalue weighted by molar-refractivity contribution is 0.218. The van der Waals surface area contributed by atoms with Gasteiger partial charge >= 0.3 is 0 Å². The fourth-order valence-corrected chi connectivity index (χ4v) is 6.18. The molecule has 182 valence electrons.